The summed E-state index contributed by atoms with van der Waals surface area (Å²) in [6.07, 6.45) is 0. The first-order valence-electron chi connectivity index (χ1n) is 7.38. The van der Waals surface area contributed by atoms with Crippen LogP contribution in [0.1, 0.15) is 27.7 Å². The van der Waals surface area contributed by atoms with Crippen LogP contribution in [0.3, 0.4) is 0 Å². The molecule has 0 radical (unpaired) electrons. The van der Waals surface area contributed by atoms with Crippen LogP contribution in [0.2, 0.25) is 0 Å². The molecule has 2 unspecified atom stereocenters. The fraction of sp³-hybridized carbons (Fsp3) is 0.857. The van der Waals surface area contributed by atoms with Crippen molar-refractivity contribution in [1.29, 1.82) is 0 Å². The van der Waals surface area contributed by atoms with E-state index in [1.165, 1.54) is 0 Å². The molecule has 20 heavy (non-hydrogen) atoms. The van der Waals surface area contributed by atoms with Gasteiger partial charge in [-0.15, -0.1) is 0 Å². The summed E-state index contributed by atoms with van der Waals surface area (Å²) in [4.78, 5) is 27.6. The van der Waals surface area contributed by atoms with Crippen LogP contribution >= 0.6 is 0 Å². The molecule has 1 aliphatic heterocycles. The van der Waals surface area contributed by atoms with E-state index in [0.29, 0.717) is 19.0 Å². The van der Waals surface area contributed by atoms with Crippen LogP contribution in [0.25, 0.3) is 0 Å². The summed E-state index contributed by atoms with van der Waals surface area (Å²) < 4.78 is 0. The van der Waals surface area contributed by atoms with E-state index in [-0.39, 0.29) is 30.4 Å². The third kappa shape index (κ3) is 5.09. The van der Waals surface area contributed by atoms with Crippen LogP contribution in [0, 0.1) is 5.92 Å². The Morgan fingerprint density at radius 1 is 1.40 bits per heavy atom. The third-order valence-corrected chi connectivity index (χ3v) is 3.62. The summed E-state index contributed by atoms with van der Waals surface area (Å²) in [6.45, 7) is 10.4. The van der Waals surface area contributed by atoms with Gasteiger partial charge < -0.3 is 16.0 Å². The number of hydrogen-bond acceptors (Lipinski definition) is 4. The number of nitrogens with one attached hydrogen (secondary N) is 1. The van der Waals surface area contributed by atoms with Crippen LogP contribution in [0.5, 0.6) is 0 Å². The third-order valence-electron chi connectivity index (χ3n) is 3.62. The molecule has 2 atom stereocenters. The maximum atomic E-state index is 12.2. The van der Waals surface area contributed by atoms with Crippen molar-refractivity contribution in [2.24, 2.45) is 11.7 Å². The predicted octanol–water partition coefficient (Wildman–Crippen LogP) is -0.361. The highest BCUT2D eigenvalue weighted by atomic mass is 16.2. The molecule has 0 aromatic rings. The van der Waals surface area contributed by atoms with Gasteiger partial charge in [-0.1, -0.05) is 6.92 Å². The van der Waals surface area contributed by atoms with E-state index in [4.69, 9.17) is 5.73 Å². The van der Waals surface area contributed by atoms with Crippen LogP contribution < -0.4 is 11.1 Å². The normalized spacial score (nSPS) is 23.1. The Balaban J connectivity index is 2.45. The molecule has 0 spiro atoms. The fourth-order valence-corrected chi connectivity index (χ4v) is 2.43. The van der Waals surface area contributed by atoms with Gasteiger partial charge in [0.1, 0.15) is 0 Å². The molecule has 1 aliphatic rings. The Morgan fingerprint density at radius 2 is 2.05 bits per heavy atom. The number of likely N-dealkylation sites (N-methyl/N-ethyl adjacent to an activating group) is 1. The number of carbonyl (C=O) groups excluding carboxylic acids is 2. The minimum atomic E-state index is -0.110. The molecule has 2 amide bonds. The molecule has 0 aromatic heterocycles. The Hall–Kier alpha value is -1.14. The average molecular weight is 284 g/mol. The largest absolute Gasteiger partial charge is 0.352 e. The Kier molecular flexibility index (Phi) is 6.42. The zero-order valence-corrected chi connectivity index (χ0v) is 13.1. The van der Waals surface area contributed by atoms with Gasteiger partial charge in [0, 0.05) is 31.7 Å². The SMILES string of the molecule is CCN(CC(=O)NC(C)C)C(=O)CN1CC(C)C(N)C1. The number of carbonyl (C=O) groups is 2. The first-order chi connectivity index (χ1) is 9.33. The summed E-state index contributed by atoms with van der Waals surface area (Å²) >= 11 is 0. The van der Waals surface area contributed by atoms with E-state index in [0.717, 1.165) is 13.1 Å². The molecular formula is C14H28N4O2. The van der Waals surface area contributed by atoms with Gasteiger partial charge in [-0.3, -0.25) is 14.5 Å². The zero-order valence-electron chi connectivity index (χ0n) is 13.1. The highest BCUT2D eigenvalue weighted by molar-refractivity contribution is 5.85. The molecule has 1 rings (SSSR count). The average Bonchev–Trinajstić information content (AvgIpc) is 2.64. The van der Waals surface area contributed by atoms with Gasteiger partial charge >= 0.3 is 0 Å². The number of hydrogen-bond donors (Lipinski definition) is 2. The minimum absolute atomic E-state index is 0.00675. The smallest absolute Gasteiger partial charge is 0.239 e. The molecule has 1 saturated heterocycles. The molecule has 116 valence electrons. The van der Waals surface area contributed by atoms with Crippen LogP contribution in [-0.2, 0) is 9.59 Å². The Labute approximate surface area is 121 Å². The van der Waals surface area contributed by atoms with Gasteiger partial charge in [-0.25, -0.2) is 0 Å². The minimum Gasteiger partial charge on any atom is -0.352 e. The van der Waals surface area contributed by atoms with Gasteiger partial charge in [0.2, 0.25) is 11.8 Å². The summed E-state index contributed by atoms with van der Waals surface area (Å²) in [5, 5.41) is 2.80. The van der Waals surface area contributed by atoms with Crippen molar-refractivity contribution in [2.45, 2.75) is 39.8 Å². The molecule has 0 aliphatic carbocycles. The van der Waals surface area contributed by atoms with Crippen molar-refractivity contribution < 1.29 is 9.59 Å². The van der Waals surface area contributed by atoms with E-state index < -0.39 is 0 Å². The van der Waals surface area contributed by atoms with Crippen LogP contribution in [0.15, 0.2) is 0 Å². The second-order valence-corrected chi connectivity index (χ2v) is 5.97. The topological polar surface area (TPSA) is 78.7 Å². The van der Waals surface area contributed by atoms with Crippen molar-refractivity contribution in [3.05, 3.63) is 0 Å². The maximum absolute atomic E-state index is 12.2. The number of nitrogens with two attached hydrogens (primary N) is 1. The predicted molar refractivity (Wildman–Crippen MR) is 79.1 cm³/mol. The van der Waals surface area contributed by atoms with Crippen molar-refractivity contribution in [3.63, 3.8) is 0 Å². The van der Waals surface area contributed by atoms with Crippen molar-refractivity contribution in [1.82, 2.24) is 15.1 Å². The van der Waals surface area contributed by atoms with Gasteiger partial charge in [0.25, 0.3) is 0 Å². The lowest BCUT2D eigenvalue weighted by Gasteiger charge is -2.24. The summed E-state index contributed by atoms with van der Waals surface area (Å²) in [5.74, 6) is 0.302. The molecule has 6 nitrogen and oxygen atoms in total. The number of amides is 2. The van der Waals surface area contributed by atoms with E-state index in [1.54, 1.807) is 4.90 Å². The molecule has 0 saturated carbocycles. The first kappa shape index (κ1) is 16.9. The molecule has 1 heterocycles. The van der Waals surface area contributed by atoms with Gasteiger partial charge in [-0.2, -0.15) is 0 Å². The van der Waals surface area contributed by atoms with Crippen molar-refractivity contribution in [2.75, 3.05) is 32.7 Å². The molecular weight excluding hydrogens is 256 g/mol. The monoisotopic (exact) mass is 284 g/mol. The summed E-state index contributed by atoms with van der Waals surface area (Å²) in [5.41, 5.74) is 5.96. The van der Waals surface area contributed by atoms with E-state index >= 15 is 0 Å². The van der Waals surface area contributed by atoms with Crippen molar-refractivity contribution >= 4 is 11.8 Å². The Morgan fingerprint density at radius 3 is 2.50 bits per heavy atom. The number of likely N-dealkylation sites (tertiary alicyclic amines) is 1. The maximum Gasteiger partial charge on any atom is 0.239 e. The molecule has 1 fully saturated rings. The lowest BCUT2D eigenvalue weighted by molar-refractivity contribution is -0.136. The lowest BCUT2D eigenvalue weighted by atomic mass is 10.1. The number of rotatable bonds is 6. The first-order valence-corrected chi connectivity index (χ1v) is 7.38. The highest BCUT2D eigenvalue weighted by Gasteiger charge is 2.29. The molecule has 3 N–H and O–H groups in total. The second-order valence-electron chi connectivity index (χ2n) is 5.97. The van der Waals surface area contributed by atoms with Crippen LogP contribution in [-0.4, -0.2) is 66.4 Å². The van der Waals surface area contributed by atoms with Gasteiger partial charge in [0.15, 0.2) is 0 Å². The van der Waals surface area contributed by atoms with E-state index in [2.05, 4.69) is 17.1 Å². The van der Waals surface area contributed by atoms with E-state index in [9.17, 15) is 9.59 Å². The highest BCUT2D eigenvalue weighted by Crippen LogP contribution is 2.14. The lowest BCUT2D eigenvalue weighted by Crippen LogP contribution is -2.46. The summed E-state index contributed by atoms with van der Waals surface area (Å²) in [6, 6.07) is 0.232. The standard InChI is InChI=1S/C14H28N4O2/c1-5-18(8-13(19)16-10(2)3)14(20)9-17-6-11(4)12(15)7-17/h10-12H,5-9,15H2,1-4H3,(H,16,19). The summed E-state index contributed by atoms with van der Waals surface area (Å²) in [7, 11) is 0. The fourth-order valence-electron chi connectivity index (χ4n) is 2.43. The molecule has 0 aromatic carbocycles. The van der Waals surface area contributed by atoms with E-state index in [1.807, 2.05) is 20.8 Å². The molecule has 0 bridgehead atoms. The number of nitrogens with zero attached hydrogens (tertiary/aromatic N) is 2. The van der Waals surface area contributed by atoms with Gasteiger partial charge in [-0.05, 0) is 26.7 Å². The molecule has 6 heteroatoms. The second kappa shape index (κ2) is 7.59. The van der Waals surface area contributed by atoms with Crippen molar-refractivity contribution in [3.8, 4) is 0 Å². The zero-order chi connectivity index (χ0) is 15.3. The Bertz CT molecular complexity index is 336. The van der Waals surface area contributed by atoms with Crippen LogP contribution in [0.4, 0.5) is 0 Å². The van der Waals surface area contributed by atoms with Gasteiger partial charge in [0.05, 0.1) is 13.1 Å². The quantitative estimate of drug-likeness (QED) is 0.698.